The van der Waals surface area contributed by atoms with Crippen molar-refractivity contribution in [3.63, 3.8) is 0 Å². The maximum absolute atomic E-state index is 2.53. The summed E-state index contributed by atoms with van der Waals surface area (Å²) in [6.07, 6.45) is 16.0. The molecule has 1 unspecified atom stereocenters. The highest BCUT2D eigenvalue weighted by Crippen LogP contribution is 2.70. The Morgan fingerprint density at radius 1 is 0.460 bits per heavy atom. The molecule has 0 saturated carbocycles. The Kier molecular flexibility index (Phi) is 7.31. The molecule has 1 atom stereocenters. The molecule has 0 aliphatic heterocycles. The van der Waals surface area contributed by atoms with Gasteiger partial charge < -0.3 is 9.47 Å². The van der Waals surface area contributed by atoms with Gasteiger partial charge in [0.15, 0.2) is 0 Å². The summed E-state index contributed by atoms with van der Waals surface area (Å²) >= 11 is 0. The lowest BCUT2D eigenvalue weighted by molar-refractivity contribution is 0.804. The largest absolute Gasteiger partial charge is 0.310 e. The van der Waals surface area contributed by atoms with Gasteiger partial charge in [-0.3, -0.25) is 0 Å². The molecule has 1 aromatic heterocycles. The van der Waals surface area contributed by atoms with Gasteiger partial charge in [0.1, 0.15) is 0 Å². The van der Waals surface area contributed by atoms with E-state index in [0.717, 1.165) is 48.4 Å². The van der Waals surface area contributed by atoms with Crippen LogP contribution in [0.2, 0.25) is 0 Å². The van der Waals surface area contributed by atoms with Crippen LogP contribution >= 0.6 is 0 Å². The first-order valence-corrected chi connectivity index (χ1v) is 22.5. The monoisotopic (exact) mass is 802 g/mol. The normalized spacial score (nSPS) is 17.2. The number of para-hydroxylation sites is 2. The van der Waals surface area contributed by atoms with Crippen LogP contribution in [0.4, 0.5) is 17.1 Å². The third-order valence-corrected chi connectivity index (χ3v) is 14.7. The lowest BCUT2D eigenvalue weighted by atomic mass is 9.71. The van der Waals surface area contributed by atoms with Gasteiger partial charge in [0.05, 0.1) is 16.4 Å². The summed E-state index contributed by atoms with van der Waals surface area (Å²) in [5.74, 6) is 0. The Labute approximate surface area is 367 Å². The van der Waals surface area contributed by atoms with Gasteiger partial charge in [0.2, 0.25) is 0 Å². The quantitative estimate of drug-likeness (QED) is 0.163. The third-order valence-electron chi connectivity index (χ3n) is 14.7. The molecule has 5 aliphatic rings. The molecule has 0 saturated heterocycles. The van der Waals surface area contributed by atoms with Crippen molar-refractivity contribution in [2.75, 3.05) is 4.90 Å². The summed E-state index contributed by atoms with van der Waals surface area (Å²) in [6.45, 7) is 0. The summed E-state index contributed by atoms with van der Waals surface area (Å²) in [7, 11) is 0. The molecule has 0 N–H and O–H groups in total. The average Bonchev–Trinajstić information content (AvgIpc) is 4.05. The van der Waals surface area contributed by atoms with Gasteiger partial charge in [-0.25, -0.2) is 0 Å². The number of allylic oxidation sites excluding steroid dienone is 8. The van der Waals surface area contributed by atoms with Gasteiger partial charge in [-0.2, -0.15) is 0 Å². The minimum atomic E-state index is -0.247. The summed E-state index contributed by atoms with van der Waals surface area (Å²) in [6, 6.07) is 66.3. The zero-order valence-electron chi connectivity index (χ0n) is 34.9. The second-order valence-corrected chi connectivity index (χ2v) is 17.8. The molecule has 0 amide bonds. The number of hydrogen-bond acceptors (Lipinski definition) is 1. The molecular weight excluding hydrogens is 761 g/mol. The molecule has 5 aliphatic carbocycles. The number of hydrogen-bond donors (Lipinski definition) is 0. The topological polar surface area (TPSA) is 8.17 Å². The van der Waals surface area contributed by atoms with Crippen molar-refractivity contribution in [3.8, 4) is 39.1 Å². The zero-order valence-corrected chi connectivity index (χ0v) is 34.9. The lowest BCUT2D eigenvalue weighted by Gasteiger charge is -2.29. The van der Waals surface area contributed by atoms with E-state index in [-0.39, 0.29) is 5.41 Å². The van der Waals surface area contributed by atoms with Crippen LogP contribution in [0.5, 0.6) is 0 Å². The number of benzene rings is 8. The SMILES string of the molecule is C1=CCCC(c2ccc(N(c3ccc(-c4ccc5c(c4)C46C7=C(CCC=C7)c7cccc(c74)-c4cccc-5c46)cc3)c3ccc4c5ccccc5n(-c5ccccc5)c4c3)cc2)=C1. The summed E-state index contributed by atoms with van der Waals surface area (Å²) in [4.78, 5) is 2.42. The summed E-state index contributed by atoms with van der Waals surface area (Å²) < 4.78 is 2.41. The van der Waals surface area contributed by atoms with Crippen molar-refractivity contribution in [1.29, 1.82) is 0 Å². The average molecular weight is 803 g/mol. The van der Waals surface area contributed by atoms with Crippen molar-refractivity contribution >= 4 is 50.0 Å². The number of anilines is 3. The van der Waals surface area contributed by atoms with E-state index in [0.29, 0.717) is 0 Å². The first-order valence-electron chi connectivity index (χ1n) is 22.5. The first kappa shape index (κ1) is 35.0. The molecule has 8 aromatic carbocycles. The molecule has 0 bridgehead atoms. The Hall–Kier alpha value is -7.68. The highest BCUT2D eigenvalue weighted by Gasteiger charge is 2.57. The van der Waals surface area contributed by atoms with Crippen molar-refractivity contribution in [3.05, 3.63) is 240 Å². The fourth-order valence-corrected chi connectivity index (χ4v) is 12.1. The van der Waals surface area contributed by atoms with Crippen LogP contribution in [0.25, 0.3) is 72.0 Å². The molecule has 1 spiro atoms. The van der Waals surface area contributed by atoms with Crippen molar-refractivity contribution in [2.45, 2.75) is 31.1 Å². The summed E-state index contributed by atoms with van der Waals surface area (Å²) in [5, 5.41) is 2.51. The van der Waals surface area contributed by atoms with Crippen LogP contribution in [0, 0.1) is 0 Å². The van der Waals surface area contributed by atoms with Crippen molar-refractivity contribution in [2.24, 2.45) is 0 Å². The molecule has 0 radical (unpaired) electrons. The van der Waals surface area contributed by atoms with E-state index < -0.39 is 0 Å². The minimum Gasteiger partial charge on any atom is -0.310 e. The van der Waals surface area contributed by atoms with Crippen LogP contribution in [-0.4, -0.2) is 4.57 Å². The number of nitrogens with zero attached hydrogens (tertiary/aromatic N) is 2. The van der Waals surface area contributed by atoms with E-state index in [1.165, 1.54) is 94.2 Å². The Bertz CT molecular complexity index is 3540. The molecule has 9 aromatic rings. The van der Waals surface area contributed by atoms with Gasteiger partial charge in [0.25, 0.3) is 0 Å². The van der Waals surface area contributed by atoms with E-state index in [4.69, 9.17) is 0 Å². The predicted molar refractivity (Wildman–Crippen MR) is 263 cm³/mol. The molecule has 14 rings (SSSR count). The van der Waals surface area contributed by atoms with Gasteiger partial charge in [-0.05, 0) is 164 Å². The predicted octanol–water partition coefficient (Wildman–Crippen LogP) is 16.1. The van der Waals surface area contributed by atoms with Crippen LogP contribution in [0.1, 0.15) is 53.5 Å². The number of aromatic nitrogens is 1. The summed E-state index contributed by atoms with van der Waals surface area (Å²) in [5.41, 5.74) is 26.3. The highest BCUT2D eigenvalue weighted by atomic mass is 15.1. The number of fused-ring (bicyclic) bond motifs is 7. The smallest absolute Gasteiger partial charge is 0.0734 e. The molecule has 63 heavy (non-hydrogen) atoms. The maximum atomic E-state index is 2.53. The molecule has 296 valence electrons. The van der Waals surface area contributed by atoms with Gasteiger partial charge in [-0.15, -0.1) is 0 Å². The third kappa shape index (κ3) is 4.78. The van der Waals surface area contributed by atoms with Crippen molar-refractivity contribution in [1.82, 2.24) is 4.57 Å². The van der Waals surface area contributed by atoms with Crippen LogP contribution in [0.3, 0.4) is 0 Å². The van der Waals surface area contributed by atoms with Gasteiger partial charge >= 0.3 is 0 Å². The van der Waals surface area contributed by atoms with Crippen LogP contribution in [0.15, 0.2) is 212 Å². The molecular formula is C61H42N2. The van der Waals surface area contributed by atoms with E-state index >= 15 is 0 Å². The van der Waals surface area contributed by atoms with E-state index in [2.05, 4.69) is 216 Å². The van der Waals surface area contributed by atoms with E-state index in [1.54, 1.807) is 5.57 Å². The van der Waals surface area contributed by atoms with Crippen molar-refractivity contribution < 1.29 is 0 Å². The van der Waals surface area contributed by atoms with Gasteiger partial charge in [-0.1, -0.05) is 146 Å². The van der Waals surface area contributed by atoms with E-state index in [9.17, 15) is 0 Å². The highest BCUT2D eigenvalue weighted by molar-refractivity contribution is 6.11. The zero-order chi connectivity index (χ0) is 41.2. The van der Waals surface area contributed by atoms with Crippen LogP contribution in [-0.2, 0) is 5.41 Å². The lowest BCUT2D eigenvalue weighted by Crippen LogP contribution is -2.24. The Morgan fingerprint density at radius 2 is 1.11 bits per heavy atom. The minimum absolute atomic E-state index is 0.247. The standard InChI is InChI=1S/C61H42N2/c1-3-13-39(14-4-1)40-25-30-44(31-26-40)62(46-34-36-50-49-18-8-10-24-57(49)63(58(50)38-46)43-15-5-2-6-16-43)45-32-27-41(28-33-45)42-29-35-48-52-20-12-22-54-53-21-11-19-51-47-17-7-9-23-55(47)61(59(51)53,60(52)54)56(48)37-42/h1-3,5-6,8-13,15-16,18-38H,4,7,14,17H2. The maximum Gasteiger partial charge on any atom is 0.0734 e. The van der Waals surface area contributed by atoms with E-state index in [1.807, 2.05) is 0 Å². The fraction of sp³-hybridized carbons (Fsp3) is 0.0820. The number of rotatable bonds is 6. The van der Waals surface area contributed by atoms with Gasteiger partial charge in [0, 0.05) is 33.5 Å². The first-order chi connectivity index (χ1) is 31.3. The molecule has 0 fully saturated rings. The fourth-order valence-electron chi connectivity index (χ4n) is 12.1. The second-order valence-electron chi connectivity index (χ2n) is 17.8. The molecule has 2 nitrogen and oxygen atoms in total. The molecule has 1 heterocycles. The molecule has 2 heteroatoms. The second kappa shape index (κ2) is 13.2. The van der Waals surface area contributed by atoms with Crippen LogP contribution < -0.4 is 4.90 Å². The Balaban J connectivity index is 0.912. The Morgan fingerprint density at radius 3 is 1.89 bits per heavy atom.